The summed E-state index contributed by atoms with van der Waals surface area (Å²) in [4.78, 5) is 8.54. The van der Waals surface area contributed by atoms with E-state index in [2.05, 4.69) is 30.8 Å². The van der Waals surface area contributed by atoms with E-state index in [1.807, 2.05) is 6.92 Å². The van der Waals surface area contributed by atoms with Gasteiger partial charge in [0.2, 0.25) is 5.82 Å². The third-order valence-corrected chi connectivity index (χ3v) is 4.80. The Morgan fingerprint density at radius 1 is 1.19 bits per heavy atom. The number of benzene rings is 1. The van der Waals surface area contributed by atoms with Crippen molar-refractivity contribution in [1.29, 1.82) is 0 Å². The molecule has 0 amide bonds. The normalized spacial score (nSPS) is 13.3. The van der Waals surface area contributed by atoms with E-state index >= 15 is 0 Å². The predicted octanol–water partition coefficient (Wildman–Crippen LogP) is 3.98. The average Bonchev–Trinajstić information content (AvgIpc) is 3.44. The van der Waals surface area contributed by atoms with Crippen molar-refractivity contribution in [1.82, 2.24) is 25.8 Å². The molecule has 1 atom stereocenters. The lowest BCUT2D eigenvalue weighted by atomic mass is 9.96. The fraction of sp³-hybridized carbons (Fsp3) is 0.381. The number of furan rings is 1. The Balaban J connectivity index is 1.41. The number of nitrogens with zero attached hydrogens (tertiary/aromatic N) is 3. The van der Waals surface area contributed by atoms with E-state index in [4.69, 9.17) is 4.42 Å². The molecule has 0 radical (unpaired) electrons. The summed E-state index contributed by atoms with van der Waals surface area (Å²) in [5.74, 6) is 2.41. The summed E-state index contributed by atoms with van der Waals surface area (Å²) in [6.07, 6.45) is -1.50. The van der Waals surface area contributed by atoms with Crippen molar-refractivity contribution in [2.45, 2.75) is 31.9 Å². The van der Waals surface area contributed by atoms with E-state index in [0.717, 1.165) is 6.07 Å². The topological polar surface area (TPSA) is 91.1 Å². The van der Waals surface area contributed by atoms with Crippen molar-refractivity contribution in [3.63, 3.8) is 0 Å². The first-order valence-electron chi connectivity index (χ1n) is 9.93. The monoisotopic (exact) mass is 434 g/mol. The van der Waals surface area contributed by atoms with E-state index in [9.17, 15) is 13.2 Å². The molecule has 0 saturated carbocycles. The molecular weight excluding hydrogens is 409 g/mol. The number of alkyl halides is 3. The number of nitrogens with one attached hydrogen (secondary N) is 3. The van der Waals surface area contributed by atoms with Gasteiger partial charge in [-0.25, -0.2) is 4.98 Å². The summed E-state index contributed by atoms with van der Waals surface area (Å²) in [6.45, 7) is 3.06. The maximum Gasteiger partial charge on any atom is 0.416 e. The lowest BCUT2D eigenvalue weighted by Gasteiger charge is -2.16. The molecule has 0 fully saturated rings. The van der Waals surface area contributed by atoms with Gasteiger partial charge in [-0.05, 0) is 36.1 Å². The van der Waals surface area contributed by atoms with Crippen LogP contribution < -0.4 is 10.6 Å². The van der Waals surface area contributed by atoms with E-state index in [1.165, 1.54) is 12.1 Å². The van der Waals surface area contributed by atoms with Crippen molar-refractivity contribution in [2.24, 2.45) is 4.99 Å². The predicted molar refractivity (Wildman–Crippen MR) is 112 cm³/mol. The minimum absolute atomic E-state index is 0.0258. The molecule has 3 N–H and O–H groups in total. The summed E-state index contributed by atoms with van der Waals surface area (Å²) < 4.78 is 44.0. The molecule has 31 heavy (non-hydrogen) atoms. The van der Waals surface area contributed by atoms with Gasteiger partial charge in [-0.15, -0.1) is 0 Å². The molecule has 1 unspecified atom stereocenters. The molecule has 1 aromatic carbocycles. The van der Waals surface area contributed by atoms with Crippen molar-refractivity contribution < 1.29 is 17.6 Å². The molecule has 7 nitrogen and oxygen atoms in total. The highest BCUT2D eigenvalue weighted by atomic mass is 19.4. The van der Waals surface area contributed by atoms with Crippen LogP contribution in [0, 0.1) is 0 Å². The molecule has 0 aliphatic carbocycles. The number of H-pyrrole nitrogens is 1. The highest BCUT2D eigenvalue weighted by molar-refractivity contribution is 5.79. The standard InChI is InChI=1S/C21H25F3N6O/c1-14(15-5-3-6-16(13-15)21(22,23)24)8-10-26-20(25-2)27-11-9-18-28-19(30-29-18)17-7-4-12-31-17/h3-7,12-14H,8-11H2,1-2H3,(H2,25,26,27)(H,28,29,30). The number of halogens is 3. The van der Waals surface area contributed by atoms with Gasteiger partial charge < -0.3 is 15.1 Å². The number of hydrogen-bond acceptors (Lipinski definition) is 4. The van der Waals surface area contributed by atoms with Crippen molar-refractivity contribution in [3.8, 4) is 11.6 Å². The molecule has 3 aromatic rings. The van der Waals surface area contributed by atoms with Crippen LogP contribution in [0.2, 0.25) is 0 Å². The number of rotatable bonds is 8. The van der Waals surface area contributed by atoms with E-state index in [1.54, 1.807) is 31.5 Å². The zero-order valence-electron chi connectivity index (χ0n) is 17.3. The van der Waals surface area contributed by atoms with Crippen LogP contribution in [0.4, 0.5) is 13.2 Å². The number of aliphatic imine (C=N–C) groups is 1. The molecule has 2 aromatic heterocycles. The van der Waals surface area contributed by atoms with E-state index in [-0.39, 0.29) is 5.92 Å². The quantitative estimate of drug-likeness (QED) is 0.368. The molecule has 2 heterocycles. The van der Waals surface area contributed by atoms with E-state index < -0.39 is 11.7 Å². The van der Waals surface area contributed by atoms with Crippen LogP contribution in [-0.4, -0.2) is 41.3 Å². The van der Waals surface area contributed by atoms with Crippen LogP contribution in [-0.2, 0) is 12.6 Å². The average molecular weight is 434 g/mol. The number of aromatic amines is 1. The maximum absolute atomic E-state index is 12.9. The minimum atomic E-state index is -4.33. The summed E-state index contributed by atoms with van der Waals surface area (Å²) in [5, 5.41) is 13.4. The van der Waals surface area contributed by atoms with Crippen molar-refractivity contribution in [3.05, 3.63) is 59.6 Å². The van der Waals surface area contributed by atoms with Gasteiger partial charge in [0.15, 0.2) is 11.7 Å². The van der Waals surface area contributed by atoms with Crippen molar-refractivity contribution >= 4 is 5.96 Å². The fourth-order valence-corrected chi connectivity index (χ4v) is 3.04. The van der Waals surface area contributed by atoms with Gasteiger partial charge >= 0.3 is 6.18 Å². The third kappa shape index (κ3) is 6.34. The Morgan fingerprint density at radius 3 is 2.71 bits per heavy atom. The second-order valence-corrected chi connectivity index (χ2v) is 7.07. The number of aromatic nitrogens is 3. The summed E-state index contributed by atoms with van der Waals surface area (Å²) in [5.41, 5.74) is 0.0437. The largest absolute Gasteiger partial charge is 0.461 e. The van der Waals surface area contributed by atoms with Crippen LogP contribution >= 0.6 is 0 Å². The second kappa shape index (κ2) is 10.1. The molecule has 166 valence electrons. The Hall–Kier alpha value is -3.30. The molecule has 3 rings (SSSR count). The lowest BCUT2D eigenvalue weighted by Crippen LogP contribution is -2.39. The Bertz CT molecular complexity index is 981. The zero-order chi connectivity index (χ0) is 22.3. The van der Waals surface area contributed by atoms with Crippen LogP contribution in [0.5, 0.6) is 0 Å². The minimum Gasteiger partial charge on any atom is -0.461 e. The Morgan fingerprint density at radius 2 is 2.00 bits per heavy atom. The van der Waals surface area contributed by atoms with Crippen molar-refractivity contribution in [2.75, 3.05) is 20.1 Å². The van der Waals surface area contributed by atoms with Gasteiger partial charge in [0.25, 0.3) is 0 Å². The smallest absolute Gasteiger partial charge is 0.416 e. The molecular formula is C21H25F3N6O. The molecule has 0 bridgehead atoms. The first kappa shape index (κ1) is 22.4. The van der Waals surface area contributed by atoms with Crippen LogP contribution in [0.15, 0.2) is 52.1 Å². The molecule has 10 heteroatoms. The summed E-state index contributed by atoms with van der Waals surface area (Å²) in [7, 11) is 1.66. The first-order chi connectivity index (χ1) is 14.9. The zero-order valence-corrected chi connectivity index (χ0v) is 17.3. The van der Waals surface area contributed by atoms with Crippen LogP contribution in [0.1, 0.15) is 36.2 Å². The first-order valence-corrected chi connectivity index (χ1v) is 9.93. The van der Waals surface area contributed by atoms with Crippen LogP contribution in [0.25, 0.3) is 11.6 Å². The highest BCUT2D eigenvalue weighted by Crippen LogP contribution is 2.31. The van der Waals surface area contributed by atoms with Gasteiger partial charge in [0.1, 0.15) is 5.82 Å². The van der Waals surface area contributed by atoms with Gasteiger partial charge in [-0.3, -0.25) is 10.1 Å². The summed E-state index contributed by atoms with van der Waals surface area (Å²) in [6, 6.07) is 9.04. The molecule has 0 aliphatic rings. The third-order valence-electron chi connectivity index (χ3n) is 4.80. The van der Waals surface area contributed by atoms with Gasteiger partial charge in [-0.1, -0.05) is 25.1 Å². The van der Waals surface area contributed by atoms with E-state index in [0.29, 0.717) is 54.9 Å². The van der Waals surface area contributed by atoms with Gasteiger partial charge in [0.05, 0.1) is 11.8 Å². The number of hydrogen-bond donors (Lipinski definition) is 3. The van der Waals surface area contributed by atoms with Gasteiger partial charge in [-0.2, -0.15) is 18.3 Å². The highest BCUT2D eigenvalue weighted by Gasteiger charge is 2.30. The Labute approximate surface area is 178 Å². The molecule has 0 saturated heterocycles. The SMILES string of the molecule is CN=C(NCCc1nc(-c2ccco2)n[nH]1)NCCC(C)c1cccc(C(F)(F)F)c1. The number of guanidine groups is 1. The Kier molecular flexibility index (Phi) is 7.32. The molecule has 0 spiro atoms. The lowest BCUT2D eigenvalue weighted by molar-refractivity contribution is -0.137. The van der Waals surface area contributed by atoms with Gasteiger partial charge in [0, 0.05) is 26.6 Å². The molecule has 0 aliphatic heterocycles. The fourth-order valence-electron chi connectivity index (χ4n) is 3.04. The van der Waals surface area contributed by atoms with Crippen LogP contribution in [0.3, 0.4) is 0 Å². The maximum atomic E-state index is 12.9. The second-order valence-electron chi connectivity index (χ2n) is 7.07. The summed E-state index contributed by atoms with van der Waals surface area (Å²) >= 11 is 0.